The number of nitrogens with zero attached hydrogens (tertiary/aromatic N) is 2. The van der Waals surface area contributed by atoms with E-state index < -0.39 is 23.3 Å². The molecule has 0 spiro atoms. The van der Waals surface area contributed by atoms with Gasteiger partial charge in [0.1, 0.15) is 11.4 Å². The third-order valence-electron chi connectivity index (χ3n) is 6.49. The van der Waals surface area contributed by atoms with Gasteiger partial charge in [-0.1, -0.05) is 38.0 Å². The van der Waals surface area contributed by atoms with Gasteiger partial charge in [0, 0.05) is 21.8 Å². The Bertz CT molecular complexity index is 1220. The number of ketones is 1. The second-order valence-electron chi connectivity index (χ2n) is 8.71. The molecule has 1 fully saturated rings. The molecule has 1 N–H and O–H groups in total. The number of urea groups is 1. The summed E-state index contributed by atoms with van der Waals surface area (Å²) in [5.41, 5.74) is 1.47. The molecule has 0 saturated carbocycles. The Morgan fingerprint density at radius 1 is 1.15 bits per heavy atom. The van der Waals surface area contributed by atoms with Crippen molar-refractivity contribution in [1.29, 1.82) is 0 Å². The van der Waals surface area contributed by atoms with Crippen LogP contribution in [0, 0.1) is 19.7 Å². The van der Waals surface area contributed by atoms with Crippen molar-refractivity contribution < 1.29 is 18.8 Å². The van der Waals surface area contributed by atoms with E-state index in [1.54, 1.807) is 11.3 Å². The molecule has 3 heterocycles. The number of Topliss-reactive ketones (excluding diaryl/α,β-unsaturated/α-hetero) is 1. The van der Waals surface area contributed by atoms with Gasteiger partial charge >= 0.3 is 6.03 Å². The molecule has 1 saturated heterocycles. The predicted octanol–water partition coefficient (Wildman–Crippen LogP) is 5.17. The Morgan fingerprint density at radius 2 is 1.88 bits per heavy atom. The fourth-order valence-electron chi connectivity index (χ4n) is 4.57. The third-order valence-corrected chi connectivity index (χ3v) is 7.35. The van der Waals surface area contributed by atoms with Crippen molar-refractivity contribution in [3.63, 3.8) is 0 Å². The van der Waals surface area contributed by atoms with Crippen LogP contribution in [0.2, 0.25) is 0 Å². The molecular weight excluding hydrogens is 453 g/mol. The number of imide groups is 1. The summed E-state index contributed by atoms with van der Waals surface area (Å²) in [7, 11) is 0. The number of aryl methyl sites for hydroxylation is 1. The molecule has 8 heteroatoms. The molecule has 1 aromatic carbocycles. The van der Waals surface area contributed by atoms with E-state index in [1.165, 1.54) is 29.1 Å². The highest BCUT2D eigenvalue weighted by Crippen LogP contribution is 2.34. The maximum atomic E-state index is 13.6. The average Bonchev–Trinajstić information content (AvgIpc) is 3.49. The van der Waals surface area contributed by atoms with Crippen LogP contribution in [0.15, 0.2) is 47.8 Å². The summed E-state index contributed by atoms with van der Waals surface area (Å²) in [5.74, 6) is -1.19. The maximum Gasteiger partial charge on any atom is 0.325 e. The van der Waals surface area contributed by atoms with Crippen LogP contribution in [0.3, 0.4) is 0 Å². The number of hydrogen-bond donors (Lipinski definition) is 1. The lowest BCUT2D eigenvalue weighted by atomic mass is 9.84. The van der Waals surface area contributed by atoms with Crippen LogP contribution in [0.25, 0.3) is 0 Å². The first-order valence-corrected chi connectivity index (χ1v) is 12.3. The number of aromatic nitrogens is 1. The van der Waals surface area contributed by atoms with Crippen LogP contribution in [-0.2, 0) is 16.9 Å². The molecule has 1 unspecified atom stereocenters. The lowest BCUT2D eigenvalue weighted by Crippen LogP contribution is -2.44. The molecule has 4 rings (SSSR count). The third kappa shape index (κ3) is 4.30. The molecule has 3 amide bonds. The average molecular weight is 482 g/mol. The number of carbonyl (C=O) groups is 3. The smallest absolute Gasteiger partial charge is 0.325 e. The van der Waals surface area contributed by atoms with E-state index in [0.717, 1.165) is 22.7 Å². The number of benzene rings is 1. The summed E-state index contributed by atoms with van der Waals surface area (Å²) in [6.07, 6.45) is 1.88. The van der Waals surface area contributed by atoms with E-state index in [-0.39, 0.29) is 12.3 Å². The summed E-state index contributed by atoms with van der Waals surface area (Å²) in [4.78, 5) is 41.9. The lowest BCUT2D eigenvalue weighted by Gasteiger charge is -2.27. The van der Waals surface area contributed by atoms with Crippen molar-refractivity contribution in [1.82, 2.24) is 14.8 Å². The molecule has 34 heavy (non-hydrogen) atoms. The van der Waals surface area contributed by atoms with Gasteiger partial charge in [-0.2, -0.15) is 0 Å². The summed E-state index contributed by atoms with van der Waals surface area (Å²) in [5, 5.41) is 4.83. The van der Waals surface area contributed by atoms with E-state index in [1.807, 2.05) is 44.4 Å². The quantitative estimate of drug-likeness (QED) is 0.338. The molecule has 1 aliphatic heterocycles. The van der Waals surface area contributed by atoms with Crippen molar-refractivity contribution in [2.24, 2.45) is 0 Å². The highest BCUT2D eigenvalue weighted by molar-refractivity contribution is 7.09. The highest BCUT2D eigenvalue weighted by Gasteiger charge is 2.52. The van der Waals surface area contributed by atoms with Crippen molar-refractivity contribution >= 4 is 29.1 Å². The van der Waals surface area contributed by atoms with Crippen LogP contribution in [0.4, 0.5) is 9.18 Å². The maximum absolute atomic E-state index is 13.6. The van der Waals surface area contributed by atoms with Gasteiger partial charge in [-0.05, 0) is 55.5 Å². The zero-order valence-electron chi connectivity index (χ0n) is 19.6. The zero-order chi connectivity index (χ0) is 24.5. The minimum atomic E-state index is -1.29. The van der Waals surface area contributed by atoms with Gasteiger partial charge in [-0.25, -0.2) is 9.18 Å². The highest BCUT2D eigenvalue weighted by atomic mass is 32.1. The lowest BCUT2D eigenvalue weighted by molar-refractivity contribution is -0.131. The number of amides is 3. The number of halogens is 1. The first kappa shape index (κ1) is 23.9. The van der Waals surface area contributed by atoms with Crippen molar-refractivity contribution in [2.75, 3.05) is 6.54 Å². The Morgan fingerprint density at radius 3 is 2.53 bits per heavy atom. The van der Waals surface area contributed by atoms with Crippen molar-refractivity contribution in [3.8, 4) is 0 Å². The Labute approximate surface area is 202 Å². The summed E-state index contributed by atoms with van der Waals surface area (Å²) >= 11 is 1.65. The molecule has 6 nitrogen and oxygen atoms in total. The second-order valence-corrected chi connectivity index (χ2v) is 9.74. The first-order chi connectivity index (χ1) is 16.3. The van der Waals surface area contributed by atoms with Gasteiger partial charge in [0.05, 0.1) is 13.1 Å². The first-order valence-electron chi connectivity index (χ1n) is 11.4. The monoisotopic (exact) mass is 481 g/mol. The number of carbonyl (C=O) groups excluding carboxylic acids is 3. The van der Waals surface area contributed by atoms with Gasteiger partial charge in [-0.3, -0.25) is 14.5 Å². The minimum absolute atomic E-state index is 0.292. The molecule has 2 aromatic heterocycles. The standard InChI is InChI=1S/C26H28FN3O3S/c1-4-5-12-26(19-8-10-20(27)11-9-19)24(32)30(25(33)28-26)16-23(31)22-14-17(2)29(18(22)3)15-21-7-6-13-34-21/h6-11,13-14H,4-5,12,15-16H2,1-3H3,(H,28,33). The van der Waals surface area contributed by atoms with Crippen LogP contribution >= 0.6 is 11.3 Å². The predicted molar refractivity (Wildman–Crippen MR) is 130 cm³/mol. The number of rotatable bonds is 9. The number of unbranched alkanes of at least 4 members (excludes halogenated alkanes) is 1. The summed E-state index contributed by atoms with van der Waals surface area (Å²) in [6.45, 7) is 6.13. The van der Waals surface area contributed by atoms with Gasteiger partial charge in [-0.15, -0.1) is 11.3 Å². The second kappa shape index (κ2) is 9.54. The molecular formula is C26H28FN3O3S. The summed E-state index contributed by atoms with van der Waals surface area (Å²) < 4.78 is 15.6. The Kier molecular flexibility index (Phi) is 6.70. The zero-order valence-corrected chi connectivity index (χ0v) is 20.4. The van der Waals surface area contributed by atoms with E-state index >= 15 is 0 Å². The van der Waals surface area contributed by atoms with Crippen molar-refractivity contribution in [3.05, 3.63) is 81.1 Å². The number of thiophene rings is 1. The van der Waals surface area contributed by atoms with Crippen LogP contribution < -0.4 is 5.32 Å². The van der Waals surface area contributed by atoms with Gasteiger partial charge in [0.15, 0.2) is 5.78 Å². The van der Waals surface area contributed by atoms with Crippen LogP contribution in [-0.4, -0.2) is 33.7 Å². The molecule has 0 bridgehead atoms. The topological polar surface area (TPSA) is 71.4 Å². The molecule has 3 aromatic rings. The SMILES string of the molecule is CCCCC1(c2ccc(F)cc2)NC(=O)N(CC(=O)c2cc(C)n(Cc3cccs3)c2C)C1=O. The van der Waals surface area contributed by atoms with Gasteiger partial charge < -0.3 is 9.88 Å². The molecule has 0 radical (unpaired) electrons. The summed E-state index contributed by atoms with van der Waals surface area (Å²) in [6, 6.07) is 10.8. The molecule has 1 aliphatic rings. The van der Waals surface area contributed by atoms with E-state index in [9.17, 15) is 18.8 Å². The van der Waals surface area contributed by atoms with Gasteiger partial charge in [0.25, 0.3) is 5.91 Å². The fourth-order valence-corrected chi connectivity index (χ4v) is 5.26. The number of nitrogens with one attached hydrogen (secondary N) is 1. The molecule has 0 aliphatic carbocycles. The largest absolute Gasteiger partial charge is 0.343 e. The van der Waals surface area contributed by atoms with E-state index in [0.29, 0.717) is 30.5 Å². The van der Waals surface area contributed by atoms with E-state index in [4.69, 9.17) is 0 Å². The van der Waals surface area contributed by atoms with Crippen molar-refractivity contribution in [2.45, 2.75) is 52.1 Å². The van der Waals surface area contributed by atoms with Crippen LogP contribution in [0.5, 0.6) is 0 Å². The molecule has 1 atom stereocenters. The number of hydrogen-bond acceptors (Lipinski definition) is 4. The van der Waals surface area contributed by atoms with Gasteiger partial charge in [0.2, 0.25) is 0 Å². The fraction of sp³-hybridized carbons (Fsp3) is 0.346. The minimum Gasteiger partial charge on any atom is -0.343 e. The Balaban J connectivity index is 1.59. The van der Waals surface area contributed by atoms with Crippen LogP contribution in [0.1, 0.15) is 58.4 Å². The molecule has 178 valence electrons. The Hall–Kier alpha value is -3.26. The normalized spacial score (nSPS) is 17.9. The van der Waals surface area contributed by atoms with E-state index in [2.05, 4.69) is 9.88 Å².